The molecule has 0 spiro atoms. The number of nitrogens with zero attached hydrogens (tertiary/aromatic N) is 3. The minimum atomic E-state index is -0.346. The fraction of sp³-hybridized carbons (Fsp3) is 0.579. The Morgan fingerprint density at radius 3 is 2.50 bits per heavy atom. The summed E-state index contributed by atoms with van der Waals surface area (Å²) in [4.78, 5) is 29.6. The van der Waals surface area contributed by atoms with Crippen molar-refractivity contribution in [3.05, 3.63) is 24.0 Å². The highest BCUT2D eigenvalue weighted by molar-refractivity contribution is 6.03. The lowest BCUT2D eigenvalue weighted by molar-refractivity contribution is -0.139. The SMILES string of the molecule is COc1c(F)cccc1N1CCN(CCCN2C(=O)CC(C)C2=O)CC1. The van der Waals surface area contributed by atoms with E-state index in [4.69, 9.17) is 4.74 Å². The van der Waals surface area contributed by atoms with E-state index in [0.29, 0.717) is 18.7 Å². The molecule has 1 aromatic rings. The summed E-state index contributed by atoms with van der Waals surface area (Å²) in [5.41, 5.74) is 0.786. The van der Waals surface area contributed by atoms with E-state index < -0.39 is 0 Å². The summed E-state index contributed by atoms with van der Waals surface area (Å²) in [6.07, 6.45) is 1.13. The number of ether oxygens (including phenoxy) is 1. The van der Waals surface area contributed by atoms with E-state index in [1.54, 1.807) is 13.0 Å². The quantitative estimate of drug-likeness (QED) is 0.721. The van der Waals surface area contributed by atoms with Crippen LogP contribution in [0.5, 0.6) is 5.75 Å². The second kappa shape index (κ2) is 8.03. The topological polar surface area (TPSA) is 53.1 Å². The van der Waals surface area contributed by atoms with E-state index >= 15 is 0 Å². The van der Waals surface area contributed by atoms with Crippen LogP contribution in [0.25, 0.3) is 0 Å². The van der Waals surface area contributed by atoms with Crippen molar-refractivity contribution < 1.29 is 18.7 Å². The van der Waals surface area contributed by atoms with Crippen molar-refractivity contribution in [2.75, 3.05) is 51.3 Å². The van der Waals surface area contributed by atoms with Crippen LogP contribution in [-0.2, 0) is 9.59 Å². The molecule has 2 heterocycles. The van der Waals surface area contributed by atoms with Gasteiger partial charge in [0.1, 0.15) is 0 Å². The van der Waals surface area contributed by atoms with Crippen LogP contribution < -0.4 is 9.64 Å². The maximum Gasteiger partial charge on any atom is 0.232 e. The number of imide groups is 1. The van der Waals surface area contributed by atoms with Crippen LogP contribution >= 0.6 is 0 Å². The van der Waals surface area contributed by atoms with E-state index in [1.165, 1.54) is 18.1 Å². The Bertz CT molecular complexity index is 674. The number of para-hydroxylation sites is 1. The van der Waals surface area contributed by atoms with Gasteiger partial charge in [0, 0.05) is 45.1 Å². The number of halogens is 1. The fourth-order valence-electron chi connectivity index (χ4n) is 3.70. The summed E-state index contributed by atoms with van der Waals surface area (Å²) in [5, 5.41) is 0. The lowest BCUT2D eigenvalue weighted by atomic mass is 10.1. The van der Waals surface area contributed by atoms with Gasteiger partial charge in [-0.2, -0.15) is 0 Å². The van der Waals surface area contributed by atoms with Gasteiger partial charge in [0.15, 0.2) is 11.6 Å². The Balaban J connectivity index is 1.47. The highest BCUT2D eigenvalue weighted by Gasteiger charge is 2.35. The molecule has 0 bridgehead atoms. The van der Waals surface area contributed by atoms with Crippen molar-refractivity contribution in [1.82, 2.24) is 9.80 Å². The van der Waals surface area contributed by atoms with Crippen LogP contribution in [0.3, 0.4) is 0 Å². The monoisotopic (exact) mass is 363 g/mol. The number of piperazine rings is 1. The van der Waals surface area contributed by atoms with Gasteiger partial charge in [0.05, 0.1) is 12.8 Å². The molecule has 0 aliphatic carbocycles. The van der Waals surface area contributed by atoms with E-state index in [-0.39, 0.29) is 23.5 Å². The lowest BCUT2D eigenvalue weighted by Crippen LogP contribution is -2.47. The number of methoxy groups -OCH3 is 1. The molecule has 26 heavy (non-hydrogen) atoms. The Labute approximate surface area is 153 Å². The predicted octanol–water partition coefficient (Wildman–Crippen LogP) is 1.74. The van der Waals surface area contributed by atoms with Gasteiger partial charge < -0.3 is 9.64 Å². The molecule has 0 saturated carbocycles. The molecule has 0 N–H and O–H groups in total. The van der Waals surface area contributed by atoms with E-state index in [1.807, 2.05) is 6.07 Å². The first kappa shape index (κ1) is 18.6. The summed E-state index contributed by atoms with van der Waals surface area (Å²) < 4.78 is 19.1. The van der Waals surface area contributed by atoms with Crippen molar-refractivity contribution >= 4 is 17.5 Å². The number of anilines is 1. The van der Waals surface area contributed by atoms with Crippen LogP contribution in [0.15, 0.2) is 18.2 Å². The molecule has 0 radical (unpaired) electrons. The number of benzene rings is 1. The fourth-order valence-corrected chi connectivity index (χ4v) is 3.70. The summed E-state index contributed by atoms with van der Waals surface area (Å²) in [6, 6.07) is 4.98. The number of carbonyl (C=O) groups is 2. The number of hydrogen-bond acceptors (Lipinski definition) is 5. The normalized spacial score (nSPS) is 21.6. The van der Waals surface area contributed by atoms with Crippen molar-refractivity contribution in [2.45, 2.75) is 19.8 Å². The molecule has 2 aliphatic heterocycles. The zero-order valence-electron chi connectivity index (χ0n) is 15.4. The molecule has 3 rings (SSSR count). The second-order valence-electron chi connectivity index (χ2n) is 6.96. The molecule has 2 fully saturated rings. The Morgan fingerprint density at radius 1 is 1.15 bits per heavy atom. The molecule has 1 aromatic carbocycles. The van der Waals surface area contributed by atoms with Gasteiger partial charge in [0.2, 0.25) is 11.8 Å². The highest BCUT2D eigenvalue weighted by atomic mass is 19.1. The summed E-state index contributed by atoms with van der Waals surface area (Å²) >= 11 is 0. The van der Waals surface area contributed by atoms with Gasteiger partial charge in [-0.3, -0.25) is 19.4 Å². The average molecular weight is 363 g/mol. The minimum Gasteiger partial charge on any atom is -0.492 e. The molecule has 2 amide bonds. The first-order valence-corrected chi connectivity index (χ1v) is 9.15. The molecule has 142 valence electrons. The molecule has 7 heteroatoms. The number of amides is 2. The van der Waals surface area contributed by atoms with E-state index in [2.05, 4.69) is 9.80 Å². The molecule has 2 aliphatic rings. The standard InChI is InChI=1S/C19H26FN3O3/c1-14-13-17(24)23(19(14)25)8-4-7-21-9-11-22(12-10-21)16-6-3-5-15(20)18(16)26-2/h3,5-6,14H,4,7-13H2,1-2H3. The first-order chi connectivity index (χ1) is 12.5. The summed E-state index contributed by atoms with van der Waals surface area (Å²) in [7, 11) is 1.49. The van der Waals surface area contributed by atoms with Gasteiger partial charge >= 0.3 is 0 Å². The lowest BCUT2D eigenvalue weighted by Gasteiger charge is -2.36. The highest BCUT2D eigenvalue weighted by Crippen LogP contribution is 2.31. The minimum absolute atomic E-state index is 0.0435. The summed E-state index contributed by atoms with van der Waals surface area (Å²) in [6.45, 7) is 6.45. The molecule has 0 aromatic heterocycles. The zero-order chi connectivity index (χ0) is 18.7. The zero-order valence-corrected chi connectivity index (χ0v) is 15.4. The average Bonchev–Trinajstić information content (AvgIpc) is 2.88. The third kappa shape index (κ3) is 3.82. The number of likely N-dealkylation sites (tertiary alicyclic amines) is 1. The Kier molecular flexibility index (Phi) is 5.76. The van der Waals surface area contributed by atoms with Crippen molar-refractivity contribution in [2.24, 2.45) is 5.92 Å². The molecule has 1 unspecified atom stereocenters. The van der Waals surface area contributed by atoms with Crippen LogP contribution in [0.1, 0.15) is 19.8 Å². The molecular weight excluding hydrogens is 337 g/mol. The Morgan fingerprint density at radius 2 is 1.88 bits per heavy atom. The van der Waals surface area contributed by atoms with E-state index in [9.17, 15) is 14.0 Å². The Hall–Kier alpha value is -2.15. The van der Waals surface area contributed by atoms with Crippen molar-refractivity contribution in [3.8, 4) is 5.75 Å². The largest absolute Gasteiger partial charge is 0.492 e. The number of hydrogen-bond donors (Lipinski definition) is 0. The van der Waals surface area contributed by atoms with Crippen LogP contribution in [-0.4, -0.2) is 68.0 Å². The molecule has 1 atom stereocenters. The second-order valence-corrected chi connectivity index (χ2v) is 6.96. The third-order valence-electron chi connectivity index (χ3n) is 5.19. The number of carbonyl (C=O) groups excluding carboxylic acids is 2. The van der Waals surface area contributed by atoms with Crippen molar-refractivity contribution in [3.63, 3.8) is 0 Å². The van der Waals surface area contributed by atoms with Gasteiger partial charge in [-0.25, -0.2) is 4.39 Å². The maximum atomic E-state index is 13.9. The van der Waals surface area contributed by atoms with Gasteiger partial charge in [0.25, 0.3) is 0 Å². The van der Waals surface area contributed by atoms with Gasteiger partial charge in [-0.15, -0.1) is 0 Å². The maximum absolute atomic E-state index is 13.9. The van der Waals surface area contributed by atoms with E-state index in [0.717, 1.165) is 44.8 Å². The van der Waals surface area contributed by atoms with Crippen LogP contribution in [0.2, 0.25) is 0 Å². The smallest absolute Gasteiger partial charge is 0.232 e. The van der Waals surface area contributed by atoms with Crippen LogP contribution in [0.4, 0.5) is 10.1 Å². The first-order valence-electron chi connectivity index (χ1n) is 9.15. The molecule has 6 nitrogen and oxygen atoms in total. The molecular formula is C19H26FN3O3. The summed E-state index contributed by atoms with van der Waals surface area (Å²) in [5.74, 6) is -0.321. The van der Waals surface area contributed by atoms with Gasteiger partial charge in [-0.1, -0.05) is 13.0 Å². The van der Waals surface area contributed by atoms with Crippen molar-refractivity contribution in [1.29, 1.82) is 0 Å². The molecule has 2 saturated heterocycles. The third-order valence-corrected chi connectivity index (χ3v) is 5.19. The number of rotatable bonds is 6. The predicted molar refractivity (Wildman–Crippen MR) is 96.7 cm³/mol. The van der Waals surface area contributed by atoms with Crippen LogP contribution in [0, 0.1) is 11.7 Å². The van der Waals surface area contributed by atoms with Gasteiger partial charge in [-0.05, 0) is 25.1 Å².